The summed E-state index contributed by atoms with van der Waals surface area (Å²) < 4.78 is 7.91. The SMILES string of the molecule is CC(C)n1cc(COc2cccnc2)c2c(O)cccc21. The Hall–Kier alpha value is -2.49. The average Bonchev–Trinajstić information content (AvgIpc) is 2.87. The topological polar surface area (TPSA) is 47.3 Å². The van der Waals surface area contributed by atoms with Crippen LogP contribution in [0.2, 0.25) is 0 Å². The van der Waals surface area contributed by atoms with E-state index in [2.05, 4.69) is 23.4 Å². The van der Waals surface area contributed by atoms with Crippen LogP contribution in [0, 0.1) is 0 Å². The monoisotopic (exact) mass is 282 g/mol. The van der Waals surface area contributed by atoms with E-state index in [1.54, 1.807) is 18.5 Å². The number of pyridine rings is 1. The molecular formula is C17H18N2O2. The standard InChI is InChI=1S/C17H18N2O2/c1-12(2)19-10-13(11-21-14-5-4-8-18-9-14)17-15(19)6-3-7-16(17)20/h3-10,12,20H,11H2,1-2H3. The predicted octanol–water partition coefficient (Wildman–Crippen LogP) is 3.90. The molecule has 0 amide bonds. The summed E-state index contributed by atoms with van der Waals surface area (Å²) in [6.07, 6.45) is 5.44. The molecule has 0 unspecified atom stereocenters. The molecule has 0 spiro atoms. The van der Waals surface area contributed by atoms with Gasteiger partial charge in [0.25, 0.3) is 0 Å². The predicted molar refractivity (Wildman–Crippen MR) is 82.6 cm³/mol. The summed E-state index contributed by atoms with van der Waals surface area (Å²) in [7, 11) is 0. The Balaban J connectivity index is 1.98. The Kier molecular flexibility index (Phi) is 3.52. The lowest BCUT2D eigenvalue weighted by Crippen LogP contribution is -1.98. The van der Waals surface area contributed by atoms with Crippen molar-refractivity contribution in [3.05, 3.63) is 54.5 Å². The molecule has 0 fully saturated rings. The molecule has 4 nitrogen and oxygen atoms in total. The molecule has 0 aliphatic heterocycles. The number of hydrogen-bond acceptors (Lipinski definition) is 3. The molecule has 0 saturated heterocycles. The zero-order chi connectivity index (χ0) is 14.8. The van der Waals surface area contributed by atoms with Gasteiger partial charge in [-0.25, -0.2) is 0 Å². The van der Waals surface area contributed by atoms with E-state index >= 15 is 0 Å². The Labute approximate surface area is 123 Å². The van der Waals surface area contributed by atoms with E-state index in [1.807, 2.05) is 30.5 Å². The molecule has 4 heteroatoms. The van der Waals surface area contributed by atoms with E-state index < -0.39 is 0 Å². The summed E-state index contributed by atoms with van der Waals surface area (Å²) >= 11 is 0. The summed E-state index contributed by atoms with van der Waals surface area (Å²) in [6, 6.07) is 9.62. The minimum atomic E-state index is 0.289. The van der Waals surface area contributed by atoms with Crippen molar-refractivity contribution in [2.24, 2.45) is 0 Å². The molecule has 0 aliphatic rings. The molecule has 1 N–H and O–H groups in total. The van der Waals surface area contributed by atoms with Gasteiger partial charge < -0.3 is 14.4 Å². The zero-order valence-corrected chi connectivity index (χ0v) is 12.2. The summed E-state index contributed by atoms with van der Waals surface area (Å²) in [5.41, 5.74) is 2.00. The summed E-state index contributed by atoms with van der Waals surface area (Å²) in [5, 5.41) is 11.0. The largest absolute Gasteiger partial charge is 0.507 e. The van der Waals surface area contributed by atoms with Crippen LogP contribution in [-0.2, 0) is 6.61 Å². The number of nitrogens with zero attached hydrogens (tertiary/aromatic N) is 2. The van der Waals surface area contributed by atoms with Crippen molar-refractivity contribution < 1.29 is 9.84 Å². The Morgan fingerprint density at radius 1 is 1.24 bits per heavy atom. The first-order valence-electron chi connectivity index (χ1n) is 7.01. The second-order valence-electron chi connectivity index (χ2n) is 5.30. The molecular weight excluding hydrogens is 264 g/mol. The first kappa shape index (κ1) is 13.5. The van der Waals surface area contributed by atoms with E-state index in [9.17, 15) is 5.11 Å². The molecule has 3 rings (SSSR count). The third kappa shape index (κ3) is 2.57. The molecule has 21 heavy (non-hydrogen) atoms. The minimum Gasteiger partial charge on any atom is -0.507 e. The third-order valence-electron chi connectivity index (χ3n) is 3.50. The lowest BCUT2D eigenvalue weighted by atomic mass is 10.1. The molecule has 2 aromatic heterocycles. The van der Waals surface area contributed by atoms with Crippen LogP contribution in [0.25, 0.3) is 10.9 Å². The van der Waals surface area contributed by atoms with Crippen molar-refractivity contribution >= 4 is 10.9 Å². The van der Waals surface area contributed by atoms with Crippen molar-refractivity contribution in [3.63, 3.8) is 0 Å². The third-order valence-corrected chi connectivity index (χ3v) is 3.50. The summed E-state index contributed by atoms with van der Waals surface area (Å²) in [5.74, 6) is 1.01. The number of phenols is 1. The maximum Gasteiger partial charge on any atom is 0.138 e. The van der Waals surface area contributed by atoms with Gasteiger partial charge in [-0.1, -0.05) is 6.07 Å². The van der Waals surface area contributed by atoms with Crippen molar-refractivity contribution in [2.75, 3.05) is 0 Å². The fourth-order valence-corrected chi connectivity index (χ4v) is 2.50. The molecule has 0 saturated carbocycles. The highest BCUT2D eigenvalue weighted by Gasteiger charge is 2.14. The Morgan fingerprint density at radius 3 is 2.81 bits per heavy atom. The molecule has 1 aromatic carbocycles. The van der Waals surface area contributed by atoms with Crippen molar-refractivity contribution in [3.8, 4) is 11.5 Å². The van der Waals surface area contributed by atoms with Crippen LogP contribution < -0.4 is 4.74 Å². The van der Waals surface area contributed by atoms with E-state index in [4.69, 9.17) is 4.74 Å². The molecule has 3 aromatic rings. The number of hydrogen-bond donors (Lipinski definition) is 1. The van der Waals surface area contributed by atoms with Crippen LogP contribution in [0.4, 0.5) is 0 Å². The van der Waals surface area contributed by atoms with Gasteiger partial charge in [0.2, 0.25) is 0 Å². The van der Waals surface area contributed by atoms with Gasteiger partial charge in [0.05, 0.1) is 11.7 Å². The normalized spacial score (nSPS) is 11.2. The van der Waals surface area contributed by atoms with Crippen LogP contribution in [-0.4, -0.2) is 14.7 Å². The first-order chi connectivity index (χ1) is 10.2. The molecule has 0 radical (unpaired) electrons. The zero-order valence-electron chi connectivity index (χ0n) is 12.2. The second kappa shape index (κ2) is 5.48. The number of ether oxygens (including phenoxy) is 1. The molecule has 0 atom stereocenters. The van der Waals surface area contributed by atoms with Gasteiger partial charge in [0.1, 0.15) is 18.1 Å². The van der Waals surface area contributed by atoms with Crippen LogP contribution in [0.5, 0.6) is 11.5 Å². The van der Waals surface area contributed by atoms with Crippen molar-refractivity contribution in [1.29, 1.82) is 0 Å². The lowest BCUT2D eigenvalue weighted by Gasteiger charge is -2.08. The highest BCUT2D eigenvalue weighted by molar-refractivity contribution is 5.89. The molecule has 0 aliphatic carbocycles. The number of aromatic hydroxyl groups is 1. The van der Waals surface area contributed by atoms with Crippen molar-refractivity contribution in [1.82, 2.24) is 9.55 Å². The van der Waals surface area contributed by atoms with Gasteiger partial charge in [-0.2, -0.15) is 0 Å². The number of aromatic nitrogens is 2. The van der Waals surface area contributed by atoms with E-state index in [1.165, 1.54) is 0 Å². The fraction of sp³-hybridized carbons (Fsp3) is 0.235. The maximum absolute atomic E-state index is 10.2. The second-order valence-corrected chi connectivity index (χ2v) is 5.30. The average molecular weight is 282 g/mol. The maximum atomic E-state index is 10.2. The Bertz CT molecular complexity index is 748. The van der Waals surface area contributed by atoms with Crippen LogP contribution in [0.1, 0.15) is 25.5 Å². The van der Waals surface area contributed by atoms with Gasteiger partial charge in [-0.3, -0.25) is 4.98 Å². The van der Waals surface area contributed by atoms with E-state index in [0.29, 0.717) is 12.6 Å². The number of phenolic OH excluding ortho intramolecular Hbond substituents is 1. The summed E-state index contributed by atoms with van der Waals surface area (Å²) in [4.78, 5) is 4.03. The van der Waals surface area contributed by atoms with Crippen LogP contribution >= 0.6 is 0 Å². The van der Waals surface area contributed by atoms with E-state index in [-0.39, 0.29) is 5.75 Å². The number of fused-ring (bicyclic) bond motifs is 1. The molecule has 2 heterocycles. The highest BCUT2D eigenvalue weighted by atomic mass is 16.5. The fourth-order valence-electron chi connectivity index (χ4n) is 2.50. The summed E-state index contributed by atoms with van der Waals surface area (Å²) in [6.45, 7) is 4.64. The first-order valence-corrected chi connectivity index (χ1v) is 7.01. The van der Waals surface area contributed by atoms with Gasteiger partial charge in [-0.05, 0) is 38.1 Å². The quantitative estimate of drug-likeness (QED) is 0.789. The van der Waals surface area contributed by atoms with Gasteiger partial charge in [-0.15, -0.1) is 0 Å². The minimum absolute atomic E-state index is 0.289. The smallest absolute Gasteiger partial charge is 0.138 e. The number of rotatable bonds is 4. The number of benzene rings is 1. The lowest BCUT2D eigenvalue weighted by molar-refractivity contribution is 0.305. The molecule has 0 bridgehead atoms. The Morgan fingerprint density at radius 2 is 2.10 bits per heavy atom. The van der Waals surface area contributed by atoms with Crippen molar-refractivity contribution in [2.45, 2.75) is 26.5 Å². The van der Waals surface area contributed by atoms with Crippen LogP contribution in [0.15, 0.2) is 48.9 Å². The van der Waals surface area contributed by atoms with Gasteiger partial charge in [0.15, 0.2) is 0 Å². The van der Waals surface area contributed by atoms with Gasteiger partial charge >= 0.3 is 0 Å². The van der Waals surface area contributed by atoms with Crippen LogP contribution in [0.3, 0.4) is 0 Å². The van der Waals surface area contributed by atoms with Gasteiger partial charge in [0, 0.05) is 29.4 Å². The van der Waals surface area contributed by atoms with E-state index in [0.717, 1.165) is 22.2 Å². The molecule has 108 valence electrons. The highest BCUT2D eigenvalue weighted by Crippen LogP contribution is 2.32.